The van der Waals surface area contributed by atoms with Crippen molar-refractivity contribution < 1.29 is 5.11 Å². The summed E-state index contributed by atoms with van der Waals surface area (Å²) in [6, 6.07) is -0.132. The summed E-state index contributed by atoms with van der Waals surface area (Å²) in [5, 5.41) is 11.2. The molecule has 5 heteroatoms. The molecule has 0 radical (unpaired) electrons. The van der Waals surface area contributed by atoms with Gasteiger partial charge in [-0.3, -0.25) is 4.99 Å². The Hall–Kier alpha value is -1.78. The Morgan fingerprint density at radius 2 is 2.09 bits per heavy atom. The number of allylic oxidation sites excluding steroid dienone is 5. The van der Waals surface area contributed by atoms with Crippen molar-refractivity contribution in [2.24, 2.45) is 10.4 Å². The van der Waals surface area contributed by atoms with E-state index in [9.17, 15) is 5.11 Å². The van der Waals surface area contributed by atoms with Crippen LogP contribution in [0.25, 0.3) is 0 Å². The molecule has 126 valence electrons. The van der Waals surface area contributed by atoms with Crippen LogP contribution in [0.1, 0.15) is 27.7 Å². The lowest BCUT2D eigenvalue weighted by Gasteiger charge is -2.25. The summed E-state index contributed by atoms with van der Waals surface area (Å²) >= 11 is 5.98. The summed E-state index contributed by atoms with van der Waals surface area (Å²) in [4.78, 5) is 4.21. The number of aliphatic imine (C=N–C) groups is 1. The van der Waals surface area contributed by atoms with Crippen molar-refractivity contribution in [1.82, 2.24) is 10.9 Å². The minimum Gasteiger partial charge on any atom is -0.505 e. The monoisotopic (exact) mass is 335 g/mol. The maximum atomic E-state index is 10.6. The van der Waals surface area contributed by atoms with Crippen molar-refractivity contribution in [2.45, 2.75) is 33.7 Å². The highest BCUT2D eigenvalue weighted by Gasteiger charge is 2.21. The minimum atomic E-state index is -0.210. The number of nitrogens with one attached hydrogen (secondary N) is 2. The number of hydrogen-bond acceptors (Lipinski definition) is 4. The van der Waals surface area contributed by atoms with Gasteiger partial charge in [0.25, 0.3) is 0 Å². The van der Waals surface area contributed by atoms with Gasteiger partial charge in [-0.05, 0) is 24.5 Å². The van der Waals surface area contributed by atoms with Crippen LogP contribution in [0.3, 0.4) is 0 Å². The van der Waals surface area contributed by atoms with E-state index in [0.717, 1.165) is 11.3 Å². The van der Waals surface area contributed by atoms with Crippen molar-refractivity contribution in [2.75, 3.05) is 7.05 Å². The minimum absolute atomic E-state index is 0.132. The van der Waals surface area contributed by atoms with Crippen molar-refractivity contribution in [3.8, 4) is 0 Å². The van der Waals surface area contributed by atoms with Gasteiger partial charge in [0.05, 0.1) is 17.5 Å². The van der Waals surface area contributed by atoms with E-state index < -0.39 is 0 Å². The molecule has 0 aromatic heterocycles. The van der Waals surface area contributed by atoms with Gasteiger partial charge in [0.2, 0.25) is 0 Å². The molecular weight excluding hydrogens is 310 g/mol. The highest BCUT2D eigenvalue weighted by Crippen LogP contribution is 2.29. The number of aliphatic hydroxyl groups excluding tert-OH is 1. The third-order valence-corrected chi connectivity index (χ3v) is 3.72. The predicted octanol–water partition coefficient (Wildman–Crippen LogP) is 4.16. The molecule has 0 heterocycles. The van der Waals surface area contributed by atoms with Crippen molar-refractivity contribution in [1.29, 1.82) is 0 Å². The second-order valence-electron chi connectivity index (χ2n) is 6.20. The number of nitrogens with zero attached hydrogens (tertiary/aromatic N) is 1. The van der Waals surface area contributed by atoms with Gasteiger partial charge in [-0.1, -0.05) is 57.2 Å². The molecule has 1 atom stereocenters. The number of hydrogen-bond donors (Lipinski definition) is 3. The van der Waals surface area contributed by atoms with Crippen LogP contribution in [0.2, 0.25) is 0 Å². The molecule has 0 aromatic rings. The van der Waals surface area contributed by atoms with E-state index in [0.29, 0.717) is 10.7 Å². The van der Waals surface area contributed by atoms with E-state index in [1.54, 1.807) is 25.3 Å². The molecule has 0 aromatic carbocycles. The van der Waals surface area contributed by atoms with Gasteiger partial charge in [0, 0.05) is 17.7 Å². The first-order valence-electron chi connectivity index (χ1n) is 7.51. The fraction of sp³-hybridized carbons (Fsp3) is 0.389. The molecule has 0 saturated heterocycles. The molecule has 4 nitrogen and oxygen atoms in total. The summed E-state index contributed by atoms with van der Waals surface area (Å²) in [6.07, 6.45) is 9.00. The fourth-order valence-electron chi connectivity index (χ4n) is 2.22. The third kappa shape index (κ3) is 5.12. The maximum Gasteiger partial charge on any atom is 0.143 e. The van der Waals surface area contributed by atoms with E-state index in [1.807, 2.05) is 39.8 Å². The Morgan fingerprint density at radius 1 is 1.43 bits per heavy atom. The second kappa shape index (κ2) is 8.18. The van der Waals surface area contributed by atoms with E-state index in [4.69, 9.17) is 11.6 Å². The molecule has 0 saturated carbocycles. The molecule has 0 fully saturated rings. The number of rotatable bonds is 5. The quantitative estimate of drug-likeness (QED) is 0.401. The van der Waals surface area contributed by atoms with Gasteiger partial charge in [0.1, 0.15) is 5.76 Å². The van der Waals surface area contributed by atoms with Gasteiger partial charge < -0.3 is 10.5 Å². The predicted molar refractivity (Wildman–Crippen MR) is 99.6 cm³/mol. The smallest absolute Gasteiger partial charge is 0.143 e. The van der Waals surface area contributed by atoms with Crippen molar-refractivity contribution >= 4 is 17.3 Å². The average Bonchev–Trinajstić information content (AvgIpc) is 2.48. The van der Waals surface area contributed by atoms with Crippen LogP contribution >= 0.6 is 11.6 Å². The lowest BCUT2D eigenvalue weighted by atomic mass is 9.85. The lowest BCUT2D eigenvalue weighted by Crippen LogP contribution is -2.44. The summed E-state index contributed by atoms with van der Waals surface area (Å²) in [5.41, 5.74) is 8.15. The standard InChI is InChI=1S/C18H26ClN3O/c1-7-13(18(3,4)5)17(23)14(8-2)21-22-15-10-9-12(19)11-16(15)20-6/h7-11,15,21-23H,1H2,2-6H3/b14-8+,17-13-,20-16?. The highest BCUT2D eigenvalue weighted by molar-refractivity contribution is 6.33. The first kappa shape index (κ1) is 19.3. The van der Waals surface area contributed by atoms with Crippen LogP contribution in [0.4, 0.5) is 0 Å². The molecule has 1 aliphatic rings. The molecule has 23 heavy (non-hydrogen) atoms. The number of aliphatic hydroxyl groups is 1. The van der Waals surface area contributed by atoms with Gasteiger partial charge >= 0.3 is 0 Å². The van der Waals surface area contributed by atoms with E-state index in [2.05, 4.69) is 22.4 Å². The second-order valence-corrected chi connectivity index (χ2v) is 6.64. The zero-order chi connectivity index (χ0) is 17.6. The van der Waals surface area contributed by atoms with Crippen molar-refractivity contribution in [3.05, 3.63) is 59.0 Å². The first-order chi connectivity index (χ1) is 10.7. The van der Waals surface area contributed by atoms with Crippen LogP contribution in [-0.2, 0) is 0 Å². The van der Waals surface area contributed by atoms with Gasteiger partial charge in [0.15, 0.2) is 0 Å². The van der Waals surface area contributed by atoms with Crippen LogP contribution in [0, 0.1) is 5.41 Å². The Morgan fingerprint density at radius 3 is 2.57 bits per heavy atom. The molecule has 1 aliphatic carbocycles. The van der Waals surface area contributed by atoms with Crippen LogP contribution in [-0.4, -0.2) is 23.9 Å². The van der Waals surface area contributed by atoms with Gasteiger partial charge in [-0.25, -0.2) is 5.43 Å². The van der Waals surface area contributed by atoms with Crippen LogP contribution < -0.4 is 10.9 Å². The summed E-state index contributed by atoms with van der Waals surface area (Å²) in [6.45, 7) is 11.7. The van der Waals surface area contributed by atoms with E-state index in [-0.39, 0.29) is 17.2 Å². The van der Waals surface area contributed by atoms with Gasteiger partial charge in [-0.2, -0.15) is 0 Å². The topological polar surface area (TPSA) is 56.6 Å². The Kier molecular flexibility index (Phi) is 6.85. The molecule has 1 unspecified atom stereocenters. The Balaban J connectivity index is 2.93. The maximum absolute atomic E-state index is 10.6. The largest absolute Gasteiger partial charge is 0.505 e. The summed E-state index contributed by atoms with van der Waals surface area (Å²) in [5.74, 6) is 0.172. The average molecular weight is 336 g/mol. The molecule has 0 amide bonds. The summed E-state index contributed by atoms with van der Waals surface area (Å²) in [7, 11) is 1.72. The fourth-order valence-corrected chi connectivity index (χ4v) is 2.40. The van der Waals surface area contributed by atoms with Crippen LogP contribution in [0.15, 0.2) is 64.0 Å². The zero-order valence-corrected chi connectivity index (χ0v) is 15.2. The Bertz CT molecular complexity index is 604. The number of halogens is 1. The lowest BCUT2D eigenvalue weighted by molar-refractivity contribution is 0.375. The molecular formula is C18H26ClN3O. The molecule has 0 aliphatic heterocycles. The molecule has 0 spiro atoms. The van der Waals surface area contributed by atoms with Gasteiger partial charge in [-0.15, -0.1) is 0 Å². The summed E-state index contributed by atoms with van der Waals surface area (Å²) < 4.78 is 0. The highest BCUT2D eigenvalue weighted by atomic mass is 35.5. The molecule has 0 bridgehead atoms. The Labute approximate surface area is 144 Å². The van der Waals surface area contributed by atoms with E-state index in [1.165, 1.54) is 0 Å². The first-order valence-corrected chi connectivity index (χ1v) is 7.88. The normalized spacial score (nSPS) is 21.8. The molecule has 1 rings (SSSR count). The zero-order valence-electron chi connectivity index (χ0n) is 14.4. The van der Waals surface area contributed by atoms with E-state index >= 15 is 0 Å². The third-order valence-electron chi connectivity index (χ3n) is 3.48. The SMILES string of the molecule is C=C/C(=C(O)\C(=C/C)NNC1C=CC(Cl)=CC1=NC)C(C)(C)C. The van der Waals surface area contributed by atoms with Crippen molar-refractivity contribution in [3.63, 3.8) is 0 Å². The number of hydrazine groups is 1. The molecule has 3 N–H and O–H groups in total. The van der Waals surface area contributed by atoms with Crippen LogP contribution in [0.5, 0.6) is 0 Å².